The van der Waals surface area contributed by atoms with Crippen LogP contribution in [-0.4, -0.2) is 41.9 Å². The molecule has 0 aromatic rings. The van der Waals surface area contributed by atoms with Gasteiger partial charge in [0, 0.05) is 6.42 Å². The smallest absolute Gasteiger partial charge is 0.266 e. The van der Waals surface area contributed by atoms with E-state index in [2.05, 4.69) is 19.2 Å². The molecule has 0 heterocycles. The molecule has 0 aliphatic heterocycles. The van der Waals surface area contributed by atoms with Crippen LogP contribution in [-0.2, 0) is 14.9 Å². The van der Waals surface area contributed by atoms with Gasteiger partial charge in [0.1, 0.15) is 0 Å². The normalized spacial score (nSPS) is 13.1. The fourth-order valence-electron chi connectivity index (χ4n) is 7.75. The van der Waals surface area contributed by atoms with E-state index >= 15 is 0 Å². The van der Waals surface area contributed by atoms with Crippen molar-refractivity contribution in [2.24, 2.45) is 0 Å². The third-order valence-corrected chi connectivity index (χ3v) is 12.1. The molecule has 0 fully saturated rings. The summed E-state index contributed by atoms with van der Waals surface area (Å²) in [7, 11) is -4.31. The molecule has 7 heteroatoms. The van der Waals surface area contributed by atoms with Gasteiger partial charge in [0.25, 0.3) is 10.1 Å². The molecule has 0 aliphatic rings. The number of aliphatic hydroxyl groups excluding tert-OH is 1. The van der Waals surface area contributed by atoms with Gasteiger partial charge in [-0.2, -0.15) is 8.42 Å². The molecular weight excluding hydrogens is 679 g/mol. The first-order valence-corrected chi connectivity index (χ1v) is 25.3. The molecule has 2 unspecified atom stereocenters. The number of carbonyl (C=O) groups is 1. The minimum atomic E-state index is -4.31. The van der Waals surface area contributed by atoms with E-state index in [4.69, 9.17) is 0 Å². The molecule has 0 radical (unpaired) electrons. The predicted octanol–water partition coefficient (Wildman–Crippen LogP) is 14.4. The van der Waals surface area contributed by atoms with Crippen molar-refractivity contribution >= 4 is 16.0 Å². The van der Waals surface area contributed by atoms with Gasteiger partial charge in [-0.25, -0.2) is 0 Å². The first kappa shape index (κ1) is 52.3. The van der Waals surface area contributed by atoms with Gasteiger partial charge in [0.05, 0.1) is 17.9 Å². The van der Waals surface area contributed by atoms with Crippen LogP contribution in [0.5, 0.6) is 0 Å². The van der Waals surface area contributed by atoms with E-state index in [1.807, 2.05) is 0 Å². The average molecular weight is 772 g/mol. The Morgan fingerprint density at radius 3 is 0.943 bits per heavy atom. The van der Waals surface area contributed by atoms with Crippen LogP contribution in [0.15, 0.2) is 0 Å². The highest BCUT2D eigenvalue weighted by Gasteiger charge is 2.26. The Hall–Kier alpha value is -0.660. The van der Waals surface area contributed by atoms with Crippen LogP contribution >= 0.6 is 0 Å². The monoisotopic (exact) mass is 772 g/mol. The summed E-state index contributed by atoms with van der Waals surface area (Å²) in [5.41, 5.74) is 0. The van der Waals surface area contributed by atoms with Crippen LogP contribution in [0.3, 0.4) is 0 Å². The first-order valence-electron chi connectivity index (χ1n) is 23.7. The van der Waals surface area contributed by atoms with E-state index in [0.29, 0.717) is 12.8 Å². The fourth-order valence-corrected chi connectivity index (χ4v) is 8.51. The van der Waals surface area contributed by atoms with Gasteiger partial charge in [0.2, 0.25) is 5.91 Å². The van der Waals surface area contributed by atoms with Crippen LogP contribution in [0.1, 0.15) is 271 Å². The van der Waals surface area contributed by atoms with Gasteiger partial charge in [-0.15, -0.1) is 0 Å². The highest BCUT2D eigenvalue weighted by molar-refractivity contribution is 7.85. The standard InChI is InChI=1S/C46H93NO5S/c1-3-5-7-9-11-13-15-17-19-21-22-23-24-26-28-30-32-34-36-38-40-42-46(49)47-44(43-53(50,51)52)45(48)41-39-37-35-33-31-29-27-25-20-18-16-14-12-10-8-6-4-2/h44-45,48H,3-43H2,1-2H3,(H,47,49)(H,50,51,52). The van der Waals surface area contributed by atoms with Gasteiger partial charge in [0.15, 0.2) is 0 Å². The summed E-state index contributed by atoms with van der Waals surface area (Å²) in [5.74, 6) is -0.879. The lowest BCUT2D eigenvalue weighted by molar-refractivity contribution is -0.122. The van der Waals surface area contributed by atoms with Crippen LogP contribution in [0.25, 0.3) is 0 Å². The van der Waals surface area contributed by atoms with Gasteiger partial charge in [-0.1, -0.05) is 251 Å². The minimum Gasteiger partial charge on any atom is -0.391 e. The molecule has 0 rings (SSSR count). The topological polar surface area (TPSA) is 104 Å². The van der Waals surface area contributed by atoms with Crippen molar-refractivity contribution in [3.8, 4) is 0 Å². The maximum absolute atomic E-state index is 12.6. The third kappa shape index (κ3) is 42.3. The van der Waals surface area contributed by atoms with E-state index in [9.17, 15) is 22.9 Å². The number of rotatable bonds is 44. The summed E-state index contributed by atoms with van der Waals surface area (Å²) >= 11 is 0. The molecule has 0 spiro atoms. The lowest BCUT2D eigenvalue weighted by Crippen LogP contribution is -2.47. The van der Waals surface area contributed by atoms with Crippen molar-refractivity contribution < 1.29 is 22.9 Å². The third-order valence-electron chi connectivity index (χ3n) is 11.3. The van der Waals surface area contributed by atoms with Crippen LogP contribution in [0, 0.1) is 0 Å². The number of amides is 1. The van der Waals surface area contributed by atoms with Crippen molar-refractivity contribution in [1.29, 1.82) is 0 Å². The maximum atomic E-state index is 12.6. The Kier molecular flexibility index (Phi) is 40.5. The molecule has 0 aromatic carbocycles. The first-order chi connectivity index (χ1) is 25.8. The van der Waals surface area contributed by atoms with Gasteiger partial charge in [-0.3, -0.25) is 9.35 Å². The quantitative estimate of drug-likeness (QED) is 0.0423. The van der Waals surface area contributed by atoms with Crippen molar-refractivity contribution in [3.63, 3.8) is 0 Å². The molecule has 0 bridgehead atoms. The lowest BCUT2D eigenvalue weighted by atomic mass is 10.0. The van der Waals surface area contributed by atoms with E-state index in [1.54, 1.807) is 0 Å². The number of aliphatic hydroxyl groups is 1. The van der Waals surface area contributed by atoms with E-state index in [-0.39, 0.29) is 5.91 Å². The van der Waals surface area contributed by atoms with E-state index in [0.717, 1.165) is 38.5 Å². The average Bonchev–Trinajstić information content (AvgIpc) is 3.12. The summed E-state index contributed by atoms with van der Waals surface area (Å²) in [5, 5.41) is 13.4. The second-order valence-electron chi connectivity index (χ2n) is 16.8. The zero-order valence-corrected chi connectivity index (χ0v) is 36.5. The Morgan fingerprint density at radius 2 is 0.679 bits per heavy atom. The Balaban J connectivity index is 3.73. The summed E-state index contributed by atoms with van der Waals surface area (Å²) in [6, 6.07) is -0.964. The van der Waals surface area contributed by atoms with Crippen molar-refractivity contribution in [1.82, 2.24) is 5.32 Å². The van der Waals surface area contributed by atoms with Crippen molar-refractivity contribution in [2.75, 3.05) is 5.75 Å². The molecule has 2 atom stereocenters. The molecular formula is C46H93NO5S. The maximum Gasteiger partial charge on any atom is 0.266 e. The second-order valence-corrected chi connectivity index (χ2v) is 18.3. The molecule has 3 N–H and O–H groups in total. The zero-order chi connectivity index (χ0) is 38.9. The predicted molar refractivity (Wildman–Crippen MR) is 230 cm³/mol. The molecule has 6 nitrogen and oxygen atoms in total. The molecule has 318 valence electrons. The minimum absolute atomic E-state index is 0.238. The van der Waals surface area contributed by atoms with Gasteiger partial charge < -0.3 is 10.4 Å². The van der Waals surface area contributed by atoms with E-state index < -0.39 is 28.0 Å². The Labute approximate surface area is 331 Å². The fraction of sp³-hybridized carbons (Fsp3) is 0.978. The highest BCUT2D eigenvalue weighted by atomic mass is 32.2. The molecule has 0 aromatic heterocycles. The number of nitrogens with one attached hydrogen (secondary N) is 1. The van der Waals surface area contributed by atoms with Crippen molar-refractivity contribution in [3.05, 3.63) is 0 Å². The lowest BCUT2D eigenvalue weighted by Gasteiger charge is -2.23. The largest absolute Gasteiger partial charge is 0.391 e. The molecule has 0 saturated heterocycles. The number of carbonyl (C=O) groups excluding carboxylic acids is 1. The molecule has 1 amide bonds. The van der Waals surface area contributed by atoms with Gasteiger partial charge >= 0.3 is 0 Å². The van der Waals surface area contributed by atoms with Crippen molar-refractivity contribution in [2.45, 2.75) is 283 Å². The number of hydrogen-bond acceptors (Lipinski definition) is 4. The van der Waals surface area contributed by atoms with Crippen LogP contribution in [0.4, 0.5) is 0 Å². The highest BCUT2D eigenvalue weighted by Crippen LogP contribution is 2.17. The number of hydrogen-bond donors (Lipinski definition) is 3. The van der Waals surface area contributed by atoms with Crippen LogP contribution in [0.2, 0.25) is 0 Å². The van der Waals surface area contributed by atoms with Crippen LogP contribution < -0.4 is 5.32 Å². The summed E-state index contributed by atoms with van der Waals surface area (Å²) in [6.45, 7) is 4.55. The summed E-state index contributed by atoms with van der Waals surface area (Å²) < 4.78 is 32.7. The molecule has 53 heavy (non-hydrogen) atoms. The Morgan fingerprint density at radius 1 is 0.434 bits per heavy atom. The summed E-state index contributed by atoms with van der Waals surface area (Å²) in [4.78, 5) is 12.6. The summed E-state index contributed by atoms with van der Waals surface area (Å²) in [6.07, 6.45) is 49.2. The second kappa shape index (κ2) is 41.0. The zero-order valence-electron chi connectivity index (χ0n) is 35.7. The van der Waals surface area contributed by atoms with E-state index in [1.165, 1.54) is 205 Å². The van der Waals surface area contributed by atoms with Gasteiger partial charge in [-0.05, 0) is 12.8 Å². The Bertz CT molecular complexity index is 851. The molecule has 0 saturated carbocycles. The molecule has 0 aliphatic carbocycles. The SMILES string of the molecule is CCCCCCCCCCCCCCCCCCCCCCCC(=O)NC(CS(=O)(=O)O)C(O)CCCCCCCCCCCCCCCCCCC. The number of unbranched alkanes of at least 4 members (excludes halogenated alkanes) is 36.